The maximum absolute atomic E-state index is 11.1. The number of ether oxygens (including phenoxy) is 1. The number of rotatable bonds is 6. The predicted octanol–water partition coefficient (Wildman–Crippen LogP) is 5.71. The standard InChI is InChI=1S/C30H28O7/c1-2-37-30(17-5-9-20(32)10-6-17)29-24-14-23(35)15-25(36)28(24)26(16-3-7-19(31)8-4-16)27(29)18-11-21(33)13-22(34)12-18/h3-15,26-27,29-36H,2H2,1H3/t26-,27-,29-,30-/m0/s1. The Balaban J connectivity index is 1.81. The normalized spacial score (nSPS) is 19.4. The van der Waals surface area contributed by atoms with Gasteiger partial charge in [0.05, 0.1) is 6.10 Å². The van der Waals surface area contributed by atoms with Crippen molar-refractivity contribution in [3.05, 3.63) is 107 Å². The molecule has 7 nitrogen and oxygen atoms in total. The van der Waals surface area contributed by atoms with Gasteiger partial charge in [-0.25, -0.2) is 0 Å². The molecule has 7 heteroatoms. The summed E-state index contributed by atoms with van der Waals surface area (Å²) in [5, 5.41) is 62.2. The molecule has 1 aliphatic rings. The van der Waals surface area contributed by atoms with Crippen LogP contribution in [0.2, 0.25) is 0 Å². The van der Waals surface area contributed by atoms with Crippen molar-refractivity contribution in [1.29, 1.82) is 0 Å². The minimum atomic E-state index is -0.567. The topological polar surface area (TPSA) is 131 Å². The molecule has 5 rings (SSSR count). The quantitative estimate of drug-likeness (QED) is 0.200. The first kappa shape index (κ1) is 24.3. The van der Waals surface area contributed by atoms with Gasteiger partial charge in [0, 0.05) is 42.1 Å². The van der Waals surface area contributed by atoms with E-state index in [4.69, 9.17) is 4.74 Å². The van der Waals surface area contributed by atoms with Gasteiger partial charge in [-0.1, -0.05) is 24.3 Å². The fourth-order valence-corrected chi connectivity index (χ4v) is 5.71. The van der Waals surface area contributed by atoms with Gasteiger partial charge in [0.1, 0.15) is 34.5 Å². The van der Waals surface area contributed by atoms with Crippen LogP contribution in [0.1, 0.15) is 58.6 Å². The second kappa shape index (κ2) is 9.59. The summed E-state index contributed by atoms with van der Waals surface area (Å²) < 4.78 is 6.29. The van der Waals surface area contributed by atoms with Crippen molar-refractivity contribution in [2.45, 2.75) is 30.8 Å². The zero-order chi connectivity index (χ0) is 26.3. The van der Waals surface area contributed by atoms with Gasteiger partial charge in [-0.15, -0.1) is 0 Å². The van der Waals surface area contributed by atoms with Crippen LogP contribution in [-0.2, 0) is 4.74 Å². The van der Waals surface area contributed by atoms with E-state index < -0.39 is 23.9 Å². The maximum atomic E-state index is 11.1. The lowest BCUT2D eigenvalue weighted by Gasteiger charge is -2.33. The summed E-state index contributed by atoms with van der Waals surface area (Å²) in [6.45, 7) is 2.24. The van der Waals surface area contributed by atoms with Gasteiger partial charge in [0.25, 0.3) is 0 Å². The second-order valence-corrected chi connectivity index (χ2v) is 9.34. The largest absolute Gasteiger partial charge is 0.508 e. The van der Waals surface area contributed by atoms with Crippen molar-refractivity contribution in [2.24, 2.45) is 0 Å². The highest BCUT2D eigenvalue weighted by Gasteiger charge is 2.48. The molecule has 0 fully saturated rings. The van der Waals surface area contributed by atoms with Gasteiger partial charge in [-0.2, -0.15) is 0 Å². The molecule has 37 heavy (non-hydrogen) atoms. The molecule has 0 saturated carbocycles. The van der Waals surface area contributed by atoms with Crippen LogP contribution in [0, 0.1) is 0 Å². The highest BCUT2D eigenvalue weighted by Crippen LogP contribution is 2.62. The average molecular weight is 501 g/mol. The van der Waals surface area contributed by atoms with Crippen molar-refractivity contribution in [1.82, 2.24) is 0 Å². The lowest BCUT2D eigenvalue weighted by atomic mass is 9.74. The highest BCUT2D eigenvalue weighted by atomic mass is 16.5. The van der Waals surface area contributed by atoms with E-state index in [1.165, 1.54) is 12.1 Å². The van der Waals surface area contributed by atoms with E-state index in [2.05, 4.69) is 0 Å². The number of hydrogen-bond donors (Lipinski definition) is 6. The van der Waals surface area contributed by atoms with Crippen LogP contribution >= 0.6 is 0 Å². The Morgan fingerprint density at radius 1 is 0.649 bits per heavy atom. The highest BCUT2D eigenvalue weighted by molar-refractivity contribution is 5.61. The van der Waals surface area contributed by atoms with E-state index in [0.717, 1.165) is 11.1 Å². The number of hydrogen-bond acceptors (Lipinski definition) is 7. The molecular weight excluding hydrogens is 472 g/mol. The fraction of sp³-hybridized carbons (Fsp3) is 0.200. The van der Waals surface area contributed by atoms with Crippen molar-refractivity contribution in [3.8, 4) is 34.5 Å². The third-order valence-corrected chi connectivity index (χ3v) is 7.05. The molecule has 0 spiro atoms. The van der Waals surface area contributed by atoms with Gasteiger partial charge in [0.15, 0.2) is 0 Å². The molecule has 1 aliphatic carbocycles. The number of aromatic hydroxyl groups is 6. The molecule has 4 atom stereocenters. The zero-order valence-electron chi connectivity index (χ0n) is 20.1. The summed E-state index contributed by atoms with van der Waals surface area (Å²) in [5.74, 6) is -1.63. The Morgan fingerprint density at radius 3 is 1.81 bits per heavy atom. The van der Waals surface area contributed by atoms with Gasteiger partial charge in [0.2, 0.25) is 0 Å². The van der Waals surface area contributed by atoms with Crippen LogP contribution in [0.5, 0.6) is 34.5 Å². The third-order valence-electron chi connectivity index (χ3n) is 7.05. The van der Waals surface area contributed by atoms with Crippen molar-refractivity contribution < 1.29 is 35.4 Å². The van der Waals surface area contributed by atoms with Crippen LogP contribution < -0.4 is 0 Å². The molecule has 0 unspecified atom stereocenters. The Morgan fingerprint density at radius 2 is 1.22 bits per heavy atom. The van der Waals surface area contributed by atoms with E-state index in [0.29, 0.717) is 23.3 Å². The first-order chi connectivity index (χ1) is 17.8. The monoisotopic (exact) mass is 500 g/mol. The number of fused-ring (bicyclic) bond motifs is 1. The van der Waals surface area contributed by atoms with Gasteiger partial charge < -0.3 is 35.4 Å². The number of phenolic OH excluding ortho intramolecular Hbond substituents is 6. The van der Waals surface area contributed by atoms with E-state index in [-0.39, 0.29) is 34.5 Å². The molecule has 190 valence electrons. The maximum Gasteiger partial charge on any atom is 0.123 e. The Bertz CT molecular complexity index is 1390. The van der Waals surface area contributed by atoms with Crippen molar-refractivity contribution in [3.63, 3.8) is 0 Å². The van der Waals surface area contributed by atoms with Crippen LogP contribution in [0.3, 0.4) is 0 Å². The first-order valence-corrected chi connectivity index (χ1v) is 12.0. The minimum absolute atomic E-state index is 0.0918. The fourth-order valence-electron chi connectivity index (χ4n) is 5.71. The third kappa shape index (κ3) is 4.49. The molecule has 6 N–H and O–H groups in total. The zero-order valence-corrected chi connectivity index (χ0v) is 20.1. The molecular formula is C30H28O7. The Hall–Kier alpha value is -4.36. The Kier molecular flexibility index (Phi) is 6.31. The SMILES string of the molecule is CCO[C@@H](c1ccc(O)cc1)[C@H]1c2cc(O)cc(O)c2[C@@H](c2ccc(O)cc2)[C@@H]1c1cc(O)cc(O)c1. The summed E-state index contributed by atoms with van der Waals surface area (Å²) in [6.07, 6.45) is -0.567. The number of phenols is 6. The minimum Gasteiger partial charge on any atom is -0.508 e. The molecule has 0 aliphatic heterocycles. The summed E-state index contributed by atoms with van der Waals surface area (Å²) in [4.78, 5) is 0. The molecule has 0 bridgehead atoms. The predicted molar refractivity (Wildman–Crippen MR) is 137 cm³/mol. The van der Waals surface area contributed by atoms with E-state index in [1.807, 2.05) is 6.92 Å². The lowest BCUT2D eigenvalue weighted by molar-refractivity contribution is 0.0362. The van der Waals surface area contributed by atoms with Gasteiger partial charge in [-0.05, 0) is 71.6 Å². The molecule has 0 heterocycles. The van der Waals surface area contributed by atoms with Gasteiger partial charge in [-0.3, -0.25) is 0 Å². The number of benzene rings is 4. The lowest BCUT2D eigenvalue weighted by Crippen LogP contribution is -2.20. The van der Waals surface area contributed by atoms with Crippen molar-refractivity contribution in [2.75, 3.05) is 6.61 Å². The first-order valence-electron chi connectivity index (χ1n) is 12.0. The van der Waals surface area contributed by atoms with E-state index in [1.54, 1.807) is 66.7 Å². The van der Waals surface area contributed by atoms with E-state index >= 15 is 0 Å². The molecule has 4 aromatic rings. The molecule has 4 aromatic carbocycles. The molecule has 0 saturated heterocycles. The van der Waals surface area contributed by atoms with Crippen molar-refractivity contribution >= 4 is 0 Å². The van der Waals surface area contributed by atoms with Crippen LogP contribution in [0.25, 0.3) is 0 Å². The summed E-state index contributed by atoms with van der Waals surface area (Å²) in [5.41, 5.74) is 3.43. The second-order valence-electron chi connectivity index (χ2n) is 9.34. The average Bonchev–Trinajstić information content (AvgIpc) is 3.18. The van der Waals surface area contributed by atoms with Crippen LogP contribution in [-0.4, -0.2) is 37.2 Å². The van der Waals surface area contributed by atoms with E-state index in [9.17, 15) is 30.6 Å². The summed E-state index contributed by atoms with van der Waals surface area (Å²) >= 11 is 0. The molecule has 0 amide bonds. The molecule has 0 radical (unpaired) electrons. The summed E-state index contributed by atoms with van der Waals surface area (Å²) in [7, 11) is 0. The van der Waals surface area contributed by atoms with Gasteiger partial charge >= 0.3 is 0 Å². The van der Waals surface area contributed by atoms with Crippen LogP contribution in [0.4, 0.5) is 0 Å². The molecule has 0 aromatic heterocycles. The Labute approximate surface area is 214 Å². The smallest absolute Gasteiger partial charge is 0.123 e. The summed E-state index contributed by atoms with van der Waals surface area (Å²) in [6, 6.07) is 20.7. The van der Waals surface area contributed by atoms with Crippen LogP contribution in [0.15, 0.2) is 78.9 Å².